The molecule has 1 fully saturated rings. The molecule has 11 nitrogen and oxygen atoms in total. The van der Waals surface area contributed by atoms with E-state index in [0.29, 0.717) is 64.3 Å². The van der Waals surface area contributed by atoms with Crippen molar-refractivity contribution in [2.45, 2.75) is 6.61 Å². The minimum absolute atomic E-state index is 0.0738. The van der Waals surface area contributed by atoms with Crippen LogP contribution in [0.3, 0.4) is 0 Å². The largest absolute Gasteiger partial charge is 0.496 e. The van der Waals surface area contributed by atoms with Gasteiger partial charge in [0, 0.05) is 28.6 Å². The van der Waals surface area contributed by atoms with Crippen LogP contribution in [0.15, 0.2) is 58.5 Å². The number of hydrogen-bond donors (Lipinski definition) is 0. The van der Waals surface area contributed by atoms with Gasteiger partial charge in [0.25, 0.3) is 5.19 Å². The highest BCUT2D eigenvalue weighted by Crippen LogP contribution is 2.38. The second-order valence-corrected chi connectivity index (χ2v) is 11.1. The van der Waals surface area contributed by atoms with Crippen molar-refractivity contribution in [1.29, 1.82) is 0 Å². The first-order valence-corrected chi connectivity index (χ1v) is 14.3. The Hall–Kier alpha value is -4.30. The van der Waals surface area contributed by atoms with Crippen molar-refractivity contribution in [2.75, 3.05) is 34.2 Å². The lowest BCUT2D eigenvalue weighted by atomic mass is 10.1. The van der Waals surface area contributed by atoms with E-state index in [4.69, 9.17) is 28.3 Å². The third-order valence-corrected chi connectivity index (χ3v) is 8.38. The van der Waals surface area contributed by atoms with Gasteiger partial charge in [-0.3, -0.25) is 4.79 Å². The number of nitrogens with zero attached hydrogens (tertiary/aromatic N) is 5. The third kappa shape index (κ3) is 5.04. The van der Waals surface area contributed by atoms with Gasteiger partial charge >= 0.3 is 0 Å². The van der Waals surface area contributed by atoms with Gasteiger partial charge in [-0.1, -0.05) is 24.3 Å². The summed E-state index contributed by atoms with van der Waals surface area (Å²) in [6.07, 6.45) is 1.80. The molecule has 2 aromatic carbocycles. The van der Waals surface area contributed by atoms with Crippen molar-refractivity contribution in [3.63, 3.8) is 0 Å². The fourth-order valence-electron chi connectivity index (χ4n) is 4.39. The Morgan fingerprint density at radius 2 is 1.93 bits per heavy atom. The minimum Gasteiger partial charge on any atom is -0.496 e. The molecule has 4 aromatic heterocycles. The highest BCUT2D eigenvalue weighted by Gasteiger charge is 2.20. The number of furan rings is 1. The van der Waals surface area contributed by atoms with Gasteiger partial charge in [-0.05, 0) is 17.4 Å². The molecule has 0 spiro atoms. The van der Waals surface area contributed by atoms with Crippen molar-refractivity contribution in [3.8, 4) is 38.7 Å². The molecule has 208 valence electrons. The maximum atomic E-state index is 12.4. The first-order valence-electron chi connectivity index (χ1n) is 12.6. The van der Waals surface area contributed by atoms with Crippen molar-refractivity contribution in [2.24, 2.45) is 0 Å². The molecule has 5 heterocycles. The van der Waals surface area contributed by atoms with Crippen LogP contribution in [0.25, 0.3) is 38.0 Å². The van der Waals surface area contributed by atoms with Gasteiger partial charge in [0.1, 0.15) is 47.9 Å². The number of carbonyl (C=O) groups is 1. The lowest BCUT2D eigenvalue weighted by molar-refractivity contribution is -0.137. The van der Waals surface area contributed by atoms with Gasteiger partial charge in [0.05, 0.1) is 38.0 Å². The van der Waals surface area contributed by atoms with E-state index in [-0.39, 0.29) is 12.4 Å². The Morgan fingerprint density at radius 1 is 1.07 bits per heavy atom. The second-order valence-electron chi connectivity index (χ2n) is 9.30. The van der Waals surface area contributed by atoms with Crippen LogP contribution < -0.4 is 14.2 Å². The lowest BCUT2D eigenvalue weighted by Gasteiger charge is -2.29. The van der Waals surface area contributed by atoms with Crippen LogP contribution in [0.1, 0.15) is 16.1 Å². The fourth-order valence-corrected chi connectivity index (χ4v) is 5.90. The molecule has 6 aromatic rings. The summed E-state index contributed by atoms with van der Waals surface area (Å²) >= 11 is 2.87. The normalized spacial score (nSPS) is 13.5. The summed E-state index contributed by atoms with van der Waals surface area (Å²) in [5.74, 6) is 1.89. The third-order valence-electron chi connectivity index (χ3n) is 6.56. The van der Waals surface area contributed by atoms with Crippen LogP contribution in [0.5, 0.6) is 16.7 Å². The zero-order valence-corrected chi connectivity index (χ0v) is 23.7. The summed E-state index contributed by atoms with van der Waals surface area (Å²) in [7, 11) is 3.18. The quantitative estimate of drug-likeness (QED) is 0.194. The maximum absolute atomic E-state index is 12.4. The summed E-state index contributed by atoms with van der Waals surface area (Å²) in [6.45, 7) is 1.64. The fraction of sp³-hybridized carbons (Fsp3) is 0.214. The Labute approximate surface area is 241 Å². The Bertz CT molecular complexity index is 1840. The molecule has 0 saturated carbocycles. The molecule has 0 radical (unpaired) electrons. The van der Waals surface area contributed by atoms with E-state index in [2.05, 4.69) is 10.1 Å². The topological polar surface area (TPSA) is 113 Å². The molecule has 41 heavy (non-hydrogen) atoms. The molecule has 7 rings (SSSR count). The van der Waals surface area contributed by atoms with Crippen molar-refractivity contribution < 1.29 is 28.2 Å². The molecular weight excluding hydrogens is 566 g/mol. The van der Waals surface area contributed by atoms with Crippen LogP contribution >= 0.6 is 22.7 Å². The van der Waals surface area contributed by atoms with Gasteiger partial charge in [0.2, 0.25) is 4.96 Å². The van der Waals surface area contributed by atoms with Crippen LogP contribution in [-0.2, 0) is 11.3 Å². The number of fused-ring (bicyclic) bond motifs is 2. The number of methoxy groups -OCH3 is 2. The lowest BCUT2D eigenvalue weighted by Crippen LogP contribution is -2.43. The molecule has 0 aliphatic carbocycles. The summed E-state index contributed by atoms with van der Waals surface area (Å²) in [5, 5.41) is 8.48. The van der Waals surface area contributed by atoms with E-state index >= 15 is 0 Å². The number of thiazole rings is 1. The smallest absolute Gasteiger partial charge is 0.294 e. The number of carbonyl (C=O) groups excluding carboxylic acids is 1. The second kappa shape index (κ2) is 10.6. The van der Waals surface area contributed by atoms with Gasteiger partial charge in [-0.15, -0.1) is 16.4 Å². The summed E-state index contributed by atoms with van der Waals surface area (Å²) in [4.78, 5) is 24.5. The first-order chi connectivity index (χ1) is 20.1. The molecule has 0 bridgehead atoms. The Kier molecular flexibility index (Phi) is 6.63. The number of benzene rings is 2. The van der Waals surface area contributed by atoms with Crippen molar-refractivity contribution in [3.05, 3.63) is 65.3 Å². The summed E-state index contributed by atoms with van der Waals surface area (Å²) in [6, 6.07) is 13.1. The highest BCUT2D eigenvalue weighted by molar-refractivity contribution is 7.18. The van der Waals surface area contributed by atoms with Crippen LogP contribution in [-0.4, -0.2) is 64.5 Å². The average Bonchev–Trinajstić information content (AvgIpc) is 3.76. The van der Waals surface area contributed by atoms with E-state index in [1.54, 1.807) is 24.9 Å². The highest BCUT2D eigenvalue weighted by atomic mass is 32.1. The van der Waals surface area contributed by atoms with E-state index in [1.165, 1.54) is 22.7 Å². The summed E-state index contributed by atoms with van der Waals surface area (Å²) in [5.41, 5.74) is 3.68. The molecule has 0 unspecified atom stereocenters. The number of ketones is 1. The monoisotopic (exact) mass is 589 g/mol. The van der Waals surface area contributed by atoms with Crippen LogP contribution in [0.4, 0.5) is 0 Å². The molecule has 1 aliphatic heterocycles. The number of ether oxygens (including phenoxy) is 4. The van der Waals surface area contributed by atoms with Gasteiger partial charge in [-0.2, -0.15) is 0 Å². The van der Waals surface area contributed by atoms with Crippen LogP contribution in [0, 0.1) is 0 Å². The Morgan fingerprint density at radius 3 is 2.66 bits per heavy atom. The molecule has 1 saturated heterocycles. The van der Waals surface area contributed by atoms with Gasteiger partial charge in [0.15, 0.2) is 11.5 Å². The number of imidazole rings is 1. The zero-order valence-electron chi connectivity index (χ0n) is 22.0. The number of Topliss-reactive ketones (excluding diaryl/α,β-unsaturated/α-hetero) is 1. The summed E-state index contributed by atoms with van der Waals surface area (Å²) < 4.78 is 29.8. The molecular formula is C28H23N5O6S2. The molecule has 1 aliphatic rings. The Balaban J connectivity index is 1.08. The van der Waals surface area contributed by atoms with Crippen molar-refractivity contribution >= 4 is 44.4 Å². The number of aromatic nitrogens is 4. The van der Waals surface area contributed by atoms with Gasteiger partial charge in [-0.25, -0.2) is 19.4 Å². The molecule has 13 heteroatoms. The van der Waals surface area contributed by atoms with E-state index in [0.717, 1.165) is 21.7 Å². The maximum Gasteiger partial charge on any atom is 0.294 e. The standard InChI is InChI=1S/C28H23N5O6S2/c1-35-19-7-23(20-9-25(39-24(20)8-19)21-10-33-27(30-21)41-28(31-33)36-2)38-12-18-13-40-26(29-18)17-5-3-16(4-6-17)22(34)11-32-14-37-15-32/h3-10,13H,11-12,14-15H2,1-2H3. The van der Waals surface area contributed by atoms with Crippen molar-refractivity contribution in [1.82, 2.24) is 24.5 Å². The van der Waals surface area contributed by atoms with E-state index < -0.39 is 0 Å². The average molecular weight is 590 g/mol. The predicted molar refractivity (Wildman–Crippen MR) is 153 cm³/mol. The van der Waals surface area contributed by atoms with E-state index in [9.17, 15) is 4.79 Å². The number of hydrogen-bond acceptors (Lipinski definition) is 12. The van der Waals surface area contributed by atoms with E-state index in [1.807, 2.05) is 52.7 Å². The van der Waals surface area contributed by atoms with Crippen LogP contribution in [0.2, 0.25) is 0 Å². The predicted octanol–water partition coefficient (Wildman–Crippen LogP) is 5.35. The first kappa shape index (κ1) is 25.7. The minimum atomic E-state index is 0.0738. The molecule has 0 N–H and O–H groups in total. The molecule has 0 amide bonds. The number of rotatable bonds is 10. The van der Waals surface area contributed by atoms with Gasteiger partial charge < -0.3 is 23.4 Å². The zero-order chi connectivity index (χ0) is 27.9. The molecule has 0 atom stereocenters. The SMILES string of the molecule is COc1cc(OCc2csc(-c3ccc(C(=O)CN4COC4)cc3)n2)c2cc(-c3cn4nc(OC)sc4n3)oc2c1.